The Morgan fingerprint density at radius 3 is 2.41 bits per heavy atom. The highest BCUT2D eigenvalue weighted by molar-refractivity contribution is 5.59. The molecule has 1 atom stereocenters. The average Bonchev–Trinajstić information content (AvgIpc) is 2.68. The normalized spacial score (nSPS) is 20.5. The quantitative estimate of drug-likeness (QED) is 0.784. The topological polar surface area (TPSA) is 20.2 Å². The summed E-state index contributed by atoms with van der Waals surface area (Å²) in [6, 6.07) is 18.2. The van der Waals surface area contributed by atoms with Crippen molar-refractivity contribution < 1.29 is 5.11 Å². The molecule has 0 amide bonds. The van der Waals surface area contributed by atoms with E-state index in [1.165, 1.54) is 5.56 Å². The molecule has 1 nitrogen and oxygen atoms in total. The van der Waals surface area contributed by atoms with Crippen LogP contribution in [0, 0.1) is 0 Å². The van der Waals surface area contributed by atoms with Crippen LogP contribution in [0.15, 0.2) is 60.2 Å². The van der Waals surface area contributed by atoms with Gasteiger partial charge in [0.15, 0.2) is 0 Å². The second-order valence-electron chi connectivity index (χ2n) is 4.41. The summed E-state index contributed by atoms with van der Waals surface area (Å²) < 4.78 is 0. The van der Waals surface area contributed by atoms with Crippen molar-refractivity contribution in [2.75, 3.05) is 0 Å². The Kier molecular flexibility index (Phi) is 2.54. The maximum absolute atomic E-state index is 10.2. The molecule has 17 heavy (non-hydrogen) atoms. The summed E-state index contributed by atoms with van der Waals surface area (Å²) in [5.74, 6) is 0. The van der Waals surface area contributed by atoms with Crippen molar-refractivity contribution >= 4 is 6.08 Å². The van der Waals surface area contributed by atoms with E-state index in [1.54, 1.807) is 0 Å². The first kappa shape index (κ1) is 10.3. The number of hydrogen-bond donors (Lipinski definition) is 1. The summed E-state index contributed by atoms with van der Waals surface area (Å²) in [5.41, 5.74) is 4.52. The van der Waals surface area contributed by atoms with Crippen molar-refractivity contribution in [1.82, 2.24) is 0 Å². The molecular weight excluding hydrogens is 208 g/mol. The van der Waals surface area contributed by atoms with Gasteiger partial charge >= 0.3 is 0 Å². The van der Waals surface area contributed by atoms with E-state index in [0.717, 1.165) is 23.1 Å². The maximum Gasteiger partial charge on any atom is 0.101 e. The van der Waals surface area contributed by atoms with Crippen molar-refractivity contribution in [2.45, 2.75) is 12.5 Å². The summed E-state index contributed by atoms with van der Waals surface area (Å²) in [5, 5.41) is 10.2. The second kappa shape index (κ2) is 4.19. The standard InChI is InChI=1S/C16H14O/c17-16-14(10-12-6-2-1-3-7-12)11-13-8-4-5-9-15(13)16/h1-10,16-17H,11H2. The molecule has 0 bridgehead atoms. The predicted molar refractivity (Wildman–Crippen MR) is 69.5 cm³/mol. The van der Waals surface area contributed by atoms with Gasteiger partial charge in [-0.1, -0.05) is 60.7 Å². The molecule has 0 aromatic heterocycles. The molecular formula is C16H14O. The lowest BCUT2D eigenvalue weighted by atomic mass is 10.1. The van der Waals surface area contributed by atoms with Crippen molar-refractivity contribution in [3.63, 3.8) is 0 Å². The third-order valence-electron chi connectivity index (χ3n) is 3.25. The average molecular weight is 222 g/mol. The van der Waals surface area contributed by atoms with Gasteiger partial charge in [0.2, 0.25) is 0 Å². The third kappa shape index (κ3) is 1.90. The van der Waals surface area contributed by atoms with E-state index >= 15 is 0 Å². The Hall–Kier alpha value is -1.86. The Morgan fingerprint density at radius 2 is 1.65 bits per heavy atom. The number of aliphatic hydroxyl groups is 1. The Labute approximate surface area is 101 Å². The van der Waals surface area contributed by atoms with Crippen LogP contribution in [-0.2, 0) is 6.42 Å². The Morgan fingerprint density at radius 1 is 0.941 bits per heavy atom. The van der Waals surface area contributed by atoms with E-state index in [1.807, 2.05) is 36.4 Å². The zero-order valence-electron chi connectivity index (χ0n) is 9.51. The predicted octanol–water partition coefficient (Wildman–Crippen LogP) is 3.36. The van der Waals surface area contributed by atoms with Crippen molar-refractivity contribution in [3.8, 4) is 0 Å². The molecule has 0 fully saturated rings. The summed E-state index contributed by atoms with van der Waals surface area (Å²) in [6.45, 7) is 0. The van der Waals surface area contributed by atoms with Crippen molar-refractivity contribution in [1.29, 1.82) is 0 Å². The van der Waals surface area contributed by atoms with Crippen LogP contribution in [0.1, 0.15) is 22.8 Å². The number of rotatable bonds is 1. The minimum absolute atomic E-state index is 0.439. The lowest BCUT2D eigenvalue weighted by Crippen LogP contribution is -1.93. The summed E-state index contributed by atoms with van der Waals surface area (Å²) >= 11 is 0. The van der Waals surface area contributed by atoms with Crippen LogP contribution in [0.3, 0.4) is 0 Å². The second-order valence-corrected chi connectivity index (χ2v) is 4.41. The molecule has 1 aliphatic carbocycles. The molecule has 2 aromatic rings. The summed E-state index contributed by atoms with van der Waals surface area (Å²) in [4.78, 5) is 0. The van der Waals surface area contributed by atoms with Gasteiger partial charge < -0.3 is 5.11 Å². The lowest BCUT2D eigenvalue weighted by Gasteiger charge is -2.05. The third-order valence-corrected chi connectivity index (χ3v) is 3.25. The van der Waals surface area contributed by atoms with Crippen LogP contribution in [0.2, 0.25) is 0 Å². The first-order valence-electron chi connectivity index (χ1n) is 5.86. The van der Waals surface area contributed by atoms with Crippen LogP contribution >= 0.6 is 0 Å². The molecule has 0 heterocycles. The van der Waals surface area contributed by atoms with Gasteiger partial charge in [0, 0.05) is 0 Å². The van der Waals surface area contributed by atoms with Crippen molar-refractivity contribution in [3.05, 3.63) is 76.9 Å². The van der Waals surface area contributed by atoms with E-state index in [4.69, 9.17) is 0 Å². The van der Waals surface area contributed by atoms with Crippen LogP contribution < -0.4 is 0 Å². The molecule has 0 radical (unpaired) electrons. The van der Waals surface area contributed by atoms with Gasteiger partial charge in [0.1, 0.15) is 6.10 Å². The molecule has 2 aromatic carbocycles. The highest BCUT2D eigenvalue weighted by Crippen LogP contribution is 2.36. The number of hydrogen-bond acceptors (Lipinski definition) is 1. The smallest absolute Gasteiger partial charge is 0.101 e. The molecule has 1 heteroatoms. The zero-order chi connectivity index (χ0) is 11.7. The lowest BCUT2D eigenvalue weighted by molar-refractivity contribution is 0.222. The van der Waals surface area contributed by atoms with Gasteiger partial charge in [0.05, 0.1) is 0 Å². The molecule has 1 N–H and O–H groups in total. The Balaban J connectivity index is 1.97. The first-order chi connectivity index (χ1) is 8.34. The minimum Gasteiger partial charge on any atom is -0.384 e. The highest BCUT2D eigenvalue weighted by Gasteiger charge is 2.24. The van der Waals surface area contributed by atoms with E-state index in [0.29, 0.717) is 0 Å². The molecule has 0 saturated heterocycles. The number of fused-ring (bicyclic) bond motifs is 1. The van der Waals surface area contributed by atoms with Gasteiger partial charge in [-0.05, 0) is 28.7 Å². The molecule has 1 unspecified atom stereocenters. The number of aliphatic hydroxyl groups excluding tert-OH is 1. The fourth-order valence-corrected chi connectivity index (χ4v) is 2.37. The van der Waals surface area contributed by atoms with Gasteiger partial charge in [-0.3, -0.25) is 0 Å². The SMILES string of the molecule is OC1C(=Cc2ccccc2)Cc2ccccc21. The zero-order valence-corrected chi connectivity index (χ0v) is 9.51. The molecule has 0 saturated carbocycles. The van der Waals surface area contributed by atoms with Gasteiger partial charge in [-0.2, -0.15) is 0 Å². The van der Waals surface area contributed by atoms with Gasteiger partial charge in [-0.25, -0.2) is 0 Å². The molecule has 84 valence electrons. The van der Waals surface area contributed by atoms with E-state index in [2.05, 4.69) is 24.3 Å². The fourth-order valence-electron chi connectivity index (χ4n) is 2.37. The van der Waals surface area contributed by atoms with Gasteiger partial charge in [-0.15, -0.1) is 0 Å². The van der Waals surface area contributed by atoms with E-state index in [-0.39, 0.29) is 0 Å². The van der Waals surface area contributed by atoms with Crippen molar-refractivity contribution in [2.24, 2.45) is 0 Å². The van der Waals surface area contributed by atoms with Crippen LogP contribution in [0.25, 0.3) is 6.08 Å². The number of benzene rings is 2. The molecule has 3 rings (SSSR count). The molecule has 0 spiro atoms. The van der Waals surface area contributed by atoms with E-state index in [9.17, 15) is 5.11 Å². The van der Waals surface area contributed by atoms with Crippen LogP contribution in [0.5, 0.6) is 0 Å². The molecule has 1 aliphatic rings. The summed E-state index contributed by atoms with van der Waals surface area (Å²) in [7, 11) is 0. The van der Waals surface area contributed by atoms with Crippen LogP contribution in [0.4, 0.5) is 0 Å². The fraction of sp³-hybridized carbons (Fsp3) is 0.125. The first-order valence-corrected chi connectivity index (χ1v) is 5.86. The minimum atomic E-state index is -0.439. The Bertz CT molecular complexity index is 555. The summed E-state index contributed by atoms with van der Waals surface area (Å²) in [6.07, 6.45) is 2.50. The van der Waals surface area contributed by atoms with E-state index < -0.39 is 6.10 Å². The van der Waals surface area contributed by atoms with Crippen LogP contribution in [-0.4, -0.2) is 5.11 Å². The molecule has 0 aliphatic heterocycles. The highest BCUT2D eigenvalue weighted by atomic mass is 16.3. The largest absolute Gasteiger partial charge is 0.384 e. The monoisotopic (exact) mass is 222 g/mol. The van der Waals surface area contributed by atoms with Gasteiger partial charge in [0.25, 0.3) is 0 Å². The maximum atomic E-state index is 10.2.